The van der Waals surface area contributed by atoms with Crippen molar-refractivity contribution in [2.45, 2.75) is 57.5 Å². The second kappa shape index (κ2) is 7.25. The van der Waals surface area contributed by atoms with Crippen LogP contribution in [0.15, 0.2) is 24.3 Å². The summed E-state index contributed by atoms with van der Waals surface area (Å²) in [7, 11) is 0. The number of fused-ring (bicyclic) bond motifs is 1. The van der Waals surface area contributed by atoms with Crippen molar-refractivity contribution in [3.63, 3.8) is 0 Å². The van der Waals surface area contributed by atoms with E-state index in [0.29, 0.717) is 18.7 Å². The lowest BCUT2D eigenvalue weighted by Gasteiger charge is -2.59. The molecule has 4 aliphatic rings. The van der Waals surface area contributed by atoms with Gasteiger partial charge in [0.2, 0.25) is 0 Å². The van der Waals surface area contributed by atoms with Gasteiger partial charge >= 0.3 is 0 Å². The summed E-state index contributed by atoms with van der Waals surface area (Å²) in [6.07, 6.45) is 6.35. The number of hydrogen-bond acceptors (Lipinski definition) is 5. The zero-order valence-electron chi connectivity index (χ0n) is 17.3. The molecule has 1 aromatic carbocycles. The minimum absolute atomic E-state index is 0.00811. The smallest absolute Gasteiger partial charge is 0.294 e. The molecule has 4 bridgehead atoms. The molecule has 4 saturated carbocycles. The standard InChI is InChI=1S/C22H28N4O4/c1-14-16-9-15-10-17(14)13-22(11-15,12-16)23-21(27)20-18-5-2-3-6-19(18)25(24-20)7-4-8-30-26(28)29/h2-3,5-6,14-17H,4,7-13H2,1H3,(H,23,27). The summed E-state index contributed by atoms with van der Waals surface area (Å²) >= 11 is 0. The van der Waals surface area contributed by atoms with Crippen molar-refractivity contribution >= 4 is 16.8 Å². The SMILES string of the molecule is CC1C2CC3CC1CC(NC(=O)c1nn(CCCO[N+](=O)[O-])c4ccccc14)(C3)C2. The van der Waals surface area contributed by atoms with Gasteiger partial charge in [0.15, 0.2) is 5.69 Å². The molecule has 1 aromatic heterocycles. The Labute approximate surface area is 175 Å². The lowest BCUT2D eigenvalue weighted by Crippen LogP contribution is -2.62. The van der Waals surface area contributed by atoms with Crippen molar-refractivity contribution < 1.29 is 14.7 Å². The Balaban J connectivity index is 1.36. The van der Waals surface area contributed by atoms with Crippen LogP contribution in [0.3, 0.4) is 0 Å². The molecule has 8 nitrogen and oxygen atoms in total. The number of nitrogens with one attached hydrogen (secondary N) is 1. The van der Waals surface area contributed by atoms with E-state index in [2.05, 4.69) is 22.2 Å². The third-order valence-electron chi connectivity index (χ3n) is 7.71. The number of aromatic nitrogens is 2. The summed E-state index contributed by atoms with van der Waals surface area (Å²) in [6.45, 7) is 2.85. The summed E-state index contributed by atoms with van der Waals surface area (Å²) in [4.78, 5) is 28.1. The number of rotatable bonds is 7. The van der Waals surface area contributed by atoms with Crippen LogP contribution >= 0.6 is 0 Å². The first kappa shape index (κ1) is 19.3. The molecule has 1 N–H and O–H groups in total. The fourth-order valence-electron chi connectivity index (χ4n) is 6.55. The molecule has 4 aliphatic carbocycles. The minimum Gasteiger partial charge on any atom is -0.345 e. The molecule has 6 rings (SSSR count). The van der Waals surface area contributed by atoms with Gasteiger partial charge in [0.05, 0.1) is 12.1 Å². The van der Waals surface area contributed by atoms with E-state index in [1.54, 1.807) is 4.68 Å². The number of hydrogen-bond donors (Lipinski definition) is 1. The van der Waals surface area contributed by atoms with Crippen molar-refractivity contribution in [1.82, 2.24) is 15.1 Å². The van der Waals surface area contributed by atoms with Crippen LogP contribution in [0.2, 0.25) is 0 Å². The Morgan fingerprint density at radius 3 is 2.77 bits per heavy atom. The Morgan fingerprint density at radius 2 is 2.03 bits per heavy atom. The number of benzene rings is 1. The molecule has 1 amide bonds. The first-order chi connectivity index (χ1) is 14.4. The van der Waals surface area contributed by atoms with Crippen LogP contribution in [0.4, 0.5) is 0 Å². The molecule has 2 unspecified atom stereocenters. The van der Waals surface area contributed by atoms with Gasteiger partial charge in [-0.25, -0.2) is 0 Å². The molecule has 30 heavy (non-hydrogen) atoms. The average Bonchev–Trinajstić information content (AvgIpc) is 3.07. The Hall–Kier alpha value is -2.64. The van der Waals surface area contributed by atoms with Crippen molar-refractivity contribution in [2.24, 2.45) is 23.7 Å². The van der Waals surface area contributed by atoms with Gasteiger partial charge in [0.1, 0.15) is 0 Å². The van der Waals surface area contributed by atoms with E-state index in [4.69, 9.17) is 0 Å². The molecular weight excluding hydrogens is 384 g/mol. The third kappa shape index (κ3) is 3.32. The van der Waals surface area contributed by atoms with Crippen molar-refractivity contribution in [3.8, 4) is 0 Å². The van der Waals surface area contributed by atoms with E-state index in [9.17, 15) is 14.9 Å². The summed E-state index contributed by atoms with van der Waals surface area (Å²) in [5, 5.41) is 18.4. The molecule has 8 heteroatoms. The van der Waals surface area contributed by atoms with Gasteiger partial charge in [-0.3, -0.25) is 9.48 Å². The third-order valence-corrected chi connectivity index (χ3v) is 7.71. The summed E-state index contributed by atoms with van der Waals surface area (Å²) in [5.41, 5.74) is 1.23. The van der Waals surface area contributed by atoms with Gasteiger partial charge < -0.3 is 10.2 Å². The van der Waals surface area contributed by atoms with Crippen LogP contribution in [-0.2, 0) is 11.4 Å². The van der Waals surface area contributed by atoms with Gasteiger partial charge in [-0.2, -0.15) is 5.10 Å². The first-order valence-electron chi connectivity index (χ1n) is 11.0. The second-order valence-corrected chi connectivity index (χ2v) is 9.56. The monoisotopic (exact) mass is 412 g/mol. The zero-order chi connectivity index (χ0) is 20.9. The van der Waals surface area contributed by atoms with E-state index < -0.39 is 5.09 Å². The maximum atomic E-state index is 13.4. The number of carbonyl (C=O) groups excluding carboxylic acids is 1. The number of aryl methyl sites for hydroxylation is 1. The number of nitrogens with zero attached hydrogens (tertiary/aromatic N) is 3. The maximum Gasteiger partial charge on any atom is 0.294 e. The largest absolute Gasteiger partial charge is 0.345 e. The fraction of sp³-hybridized carbons (Fsp3) is 0.636. The van der Waals surface area contributed by atoms with Crippen molar-refractivity contribution in [1.29, 1.82) is 0 Å². The van der Waals surface area contributed by atoms with Gasteiger partial charge in [0, 0.05) is 17.5 Å². The Bertz CT molecular complexity index is 971. The highest BCUT2D eigenvalue weighted by molar-refractivity contribution is 6.05. The topological polar surface area (TPSA) is 99.3 Å². The van der Waals surface area contributed by atoms with Gasteiger partial charge in [-0.1, -0.05) is 25.1 Å². The molecule has 0 saturated heterocycles. The van der Waals surface area contributed by atoms with E-state index in [0.717, 1.165) is 53.8 Å². The van der Waals surface area contributed by atoms with Crippen LogP contribution in [-0.4, -0.2) is 32.9 Å². The van der Waals surface area contributed by atoms with E-state index in [-0.39, 0.29) is 18.1 Å². The Kier molecular flexibility index (Phi) is 4.67. The van der Waals surface area contributed by atoms with Gasteiger partial charge in [-0.15, -0.1) is 10.1 Å². The number of carbonyl (C=O) groups is 1. The molecular formula is C22H28N4O4. The fourth-order valence-corrected chi connectivity index (χ4v) is 6.55. The Morgan fingerprint density at radius 1 is 1.30 bits per heavy atom. The van der Waals surface area contributed by atoms with Crippen LogP contribution in [0, 0.1) is 33.8 Å². The summed E-state index contributed by atoms with van der Waals surface area (Å²) in [5.74, 6) is 2.88. The molecule has 1 heterocycles. The first-order valence-corrected chi connectivity index (χ1v) is 11.0. The summed E-state index contributed by atoms with van der Waals surface area (Å²) in [6, 6.07) is 7.67. The second-order valence-electron chi connectivity index (χ2n) is 9.56. The average molecular weight is 412 g/mol. The van der Waals surface area contributed by atoms with Crippen LogP contribution < -0.4 is 5.32 Å². The zero-order valence-corrected chi connectivity index (χ0v) is 17.3. The van der Waals surface area contributed by atoms with Crippen molar-refractivity contribution in [3.05, 3.63) is 40.1 Å². The molecule has 0 aliphatic heterocycles. The predicted molar refractivity (Wildman–Crippen MR) is 110 cm³/mol. The minimum atomic E-state index is -0.785. The van der Waals surface area contributed by atoms with Crippen LogP contribution in [0.1, 0.15) is 55.9 Å². The van der Waals surface area contributed by atoms with Crippen molar-refractivity contribution in [2.75, 3.05) is 6.61 Å². The van der Waals surface area contributed by atoms with Crippen LogP contribution in [0.25, 0.3) is 10.9 Å². The maximum absolute atomic E-state index is 13.4. The van der Waals surface area contributed by atoms with Gasteiger partial charge in [0.25, 0.3) is 11.0 Å². The lowest BCUT2D eigenvalue weighted by atomic mass is 9.49. The molecule has 4 fully saturated rings. The van der Waals surface area contributed by atoms with E-state index in [1.165, 1.54) is 12.8 Å². The molecule has 0 spiro atoms. The van der Waals surface area contributed by atoms with E-state index >= 15 is 0 Å². The quantitative estimate of drug-likeness (QED) is 0.426. The normalized spacial score (nSPS) is 31.8. The highest BCUT2D eigenvalue weighted by Crippen LogP contribution is 2.58. The van der Waals surface area contributed by atoms with Crippen LogP contribution in [0.5, 0.6) is 0 Å². The molecule has 0 radical (unpaired) electrons. The highest BCUT2D eigenvalue weighted by Gasteiger charge is 2.54. The lowest BCUT2D eigenvalue weighted by molar-refractivity contribution is -0.757. The van der Waals surface area contributed by atoms with E-state index in [1.807, 2.05) is 24.3 Å². The number of amides is 1. The highest BCUT2D eigenvalue weighted by atomic mass is 16.9. The molecule has 160 valence electrons. The predicted octanol–water partition coefficient (Wildman–Crippen LogP) is 3.58. The summed E-state index contributed by atoms with van der Waals surface area (Å²) < 4.78 is 1.76. The molecule has 2 atom stereocenters. The van der Waals surface area contributed by atoms with Gasteiger partial charge in [-0.05, 0) is 68.3 Å². The molecule has 2 aromatic rings. The number of para-hydroxylation sites is 1.